The van der Waals surface area contributed by atoms with Gasteiger partial charge >= 0.3 is 0 Å². The van der Waals surface area contributed by atoms with Gasteiger partial charge < -0.3 is 5.73 Å². The number of nitrogen functional groups attached to an aromatic ring is 1. The van der Waals surface area contributed by atoms with Crippen LogP contribution < -0.4 is 5.73 Å². The van der Waals surface area contributed by atoms with Crippen LogP contribution in [0.5, 0.6) is 0 Å². The van der Waals surface area contributed by atoms with Crippen molar-refractivity contribution in [1.29, 1.82) is 0 Å². The van der Waals surface area contributed by atoms with Crippen LogP contribution >= 0.6 is 0 Å². The maximum absolute atomic E-state index is 5.44. The minimum atomic E-state index is 0.456. The van der Waals surface area contributed by atoms with Crippen molar-refractivity contribution in [3.05, 3.63) is 12.3 Å². The van der Waals surface area contributed by atoms with Crippen LogP contribution in [0, 0.1) is 0 Å². The van der Waals surface area contributed by atoms with Gasteiger partial charge in [-0.3, -0.25) is 4.68 Å². The third-order valence-electron chi connectivity index (χ3n) is 1.67. The van der Waals surface area contributed by atoms with Gasteiger partial charge in [0.05, 0.1) is 0 Å². The molecule has 3 nitrogen and oxygen atoms in total. The first kappa shape index (κ1) is 7.12. The Labute approximate surface area is 60.8 Å². The van der Waals surface area contributed by atoms with Gasteiger partial charge in [-0.15, -0.1) is 0 Å². The Hall–Kier alpha value is -0.990. The summed E-state index contributed by atoms with van der Waals surface area (Å²) in [5.41, 5.74) is 5.44. The smallest absolute Gasteiger partial charge is 0.145 e. The average Bonchev–Trinajstić information content (AvgIpc) is 2.34. The topological polar surface area (TPSA) is 43.8 Å². The van der Waals surface area contributed by atoms with Crippen LogP contribution in [0.3, 0.4) is 0 Å². The van der Waals surface area contributed by atoms with Gasteiger partial charge in [0.15, 0.2) is 0 Å². The van der Waals surface area contributed by atoms with E-state index in [1.54, 1.807) is 0 Å². The molecule has 0 radical (unpaired) electrons. The molecule has 3 heteroatoms. The van der Waals surface area contributed by atoms with E-state index >= 15 is 0 Å². The lowest BCUT2D eigenvalue weighted by Crippen LogP contribution is -2.04. The van der Waals surface area contributed by atoms with Crippen molar-refractivity contribution < 1.29 is 0 Å². The summed E-state index contributed by atoms with van der Waals surface area (Å²) in [6, 6.07) is 2.27. The van der Waals surface area contributed by atoms with E-state index in [1.165, 1.54) is 0 Å². The van der Waals surface area contributed by atoms with Crippen molar-refractivity contribution in [1.82, 2.24) is 9.78 Å². The summed E-state index contributed by atoms with van der Waals surface area (Å²) in [4.78, 5) is 0. The predicted molar refractivity (Wildman–Crippen MR) is 41.6 cm³/mol. The largest absolute Gasteiger partial charge is 0.382 e. The Kier molecular flexibility index (Phi) is 1.94. The molecular formula is C7H13N3. The third kappa shape index (κ3) is 1.29. The molecule has 0 aliphatic carbocycles. The van der Waals surface area contributed by atoms with Gasteiger partial charge in [-0.25, -0.2) is 0 Å². The van der Waals surface area contributed by atoms with E-state index in [-0.39, 0.29) is 0 Å². The Morgan fingerprint density at radius 3 is 2.90 bits per heavy atom. The summed E-state index contributed by atoms with van der Waals surface area (Å²) in [6.07, 6.45) is 2.99. The molecule has 0 spiro atoms. The molecule has 10 heavy (non-hydrogen) atoms. The molecule has 1 aromatic rings. The lowest BCUT2D eigenvalue weighted by molar-refractivity contribution is 0.479. The summed E-state index contributed by atoms with van der Waals surface area (Å²) in [6.45, 7) is 4.25. The standard InChI is InChI=1S/C7H13N3/c1-3-6(2)10-5-4-7(8)9-10/h4-6H,3H2,1-2H3,(H2,8,9)/t6-/m0/s1. The van der Waals surface area contributed by atoms with E-state index in [2.05, 4.69) is 18.9 Å². The summed E-state index contributed by atoms with van der Waals surface area (Å²) in [5, 5.41) is 4.08. The monoisotopic (exact) mass is 139 g/mol. The van der Waals surface area contributed by atoms with Crippen molar-refractivity contribution in [3.8, 4) is 0 Å². The van der Waals surface area contributed by atoms with Crippen molar-refractivity contribution in [2.24, 2.45) is 0 Å². The second kappa shape index (κ2) is 2.73. The SMILES string of the molecule is CC[C@H](C)n1ccc(N)n1. The predicted octanol–water partition coefficient (Wildman–Crippen LogP) is 1.44. The van der Waals surface area contributed by atoms with Crippen molar-refractivity contribution in [2.75, 3.05) is 5.73 Å². The van der Waals surface area contributed by atoms with Crippen LogP contribution in [-0.4, -0.2) is 9.78 Å². The average molecular weight is 139 g/mol. The molecular weight excluding hydrogens is 126 g/mol. The van der Waals surface area contributed by atoms with Gasteiger partial charge in [-0.1, -0.05) is 6.92 Å². The minimum Gasteiger partial charge on any atom is -0.382 e. The second-order valence-electron chi connectivity index (χ2n) is 2.48. The molecule has 0 saturated carbocycles. The normalized spacial score (nSPS) is 13.4. The Morgan fingerprint density at radius 1 is 1.80 bits per heavy atom. The number of aromatic nitrogens is 2. The van der Waals surface area contributed by atoms with Crippen molar-refractivity contribution in [3.63, 3.8) is 0 Å². The van der Waals surface area contributed by atoms with Crippen LogP contribution in [0.4, 0.5) is 5.82 Å². The molecule has 0 aromatic carbocycles. The molecule has 0 aliphatic heterocycles. The number of hydrogen-bond donors (Lipinski definition) is 1. The first-order valence-corrected chi connectivity index (χ1v) is 3.54. The van der Waals surface area contributed by atoms with Crippen LogP contribution in [0.1, 0.15) is 26.3 Å². The third-order valence-corrected chi connectivity index (χ3v) is 1.67. The molecule has 1 heterocycles. The first-order valence-electron chi connectivity index (χ1n) is 3.54. The van der Waals surface area contributed by atoms with E-state index in [4.69, 9.17) is 5.73 Å². The maximum atomic E-state index is 5.44. The number of anilines is 1. The van der Waals surface area contributed by atoms with Crippen LogP contribution in [0.25, 0.3) is 0 Å². The quantitative estimate of drug-likeness (QED) is 0.673. The van der Waals surface area contributed by atoms with Gasteiger partial charge in [0.1, 0.15) is 5.82 Å². The van der Waals surface area contributed by atoms with E-state index in [0.717, 1.165) is 6.42 Å². The molecule has 0 unspecified atom stereocenters. The maximum Gasteiger partial charge on any atom is 0.145 e. The number of nitrogens with zero attached hydrogens (tertiary/aromatic N) is 2. The molecule has 1 atom stereocenters. The fourth-order valence-electron chi connectivity index (χ4n) is 0.785. The molecule has 2 N–H and O–H groups in total. The molecule has 0 fully saturated rings. The van der Waals surface area contributed by atoms with E-state index in [9.17, 15) is 0 Å². The van der Waals surface area contributed by atoms with E-state index < -0.39 is 0 Å². The van der Waals surface area contributed by atoms with Gasteiger partial charge in [0.2, 0.25) is 0 Å². The molecule has 0 amide bonds. The fraction of sp³-hybridized carbons (Fsp3) is 0.571. The van der Waals surface area contributed by atoms with Crippen LogP contribution in [0.15, 0.2) is 12.3 Å². The molecule has 56 valence electrons. The van der Waals surface area contributed by atoms with E-state index in [1.807, 2.05) is 16.9 Å². The number of hydrogen-bond acceptors (Lipinski definition) is 2. The highest BCUT2D eigenvalue weighted by Crippen LogP contribution is 2.09. The summed E-state index contributed by atoms with van der Waals surface area (Å²) in [5.74, 6) is 0.598. The van der Waals surface area contributed by atoms with Crippen LogP contribution in [0.2, 0.25) is 0 Å². The highest BCUT2D eigenvalue weighted by Gasteiger charge is 2.00. The number of nitrogens with two attached hydrogens (primary N) is 1. The summed E-state index contributed by atoms with van der Waals surface area (Å²) >= 11 is 0. The highest BCUT2D eigenvalue weighted by molar-refractivity contribution is 5.23. The number of rotatable bonds is 2. The molecule has 0 bridgehead atoms. The lowest BCUT2D eigenvalue weighted by Gasteiger charge is -2.07. The highest BCUT2D eigenvalue weighted by atomic mass is 15.3. The second-order valence-corrected chi connectivity index (χ2v) is 2.48. The molecule has 0 saturated heterocycles. The first-order chi connectivity index (χ1) is 4.74. The Bertz CT molecular complexity index is 204. The zero-order valence-corrected chi connectivity index (χ0v) is 6.41. The minimum absolute atomic E-state index is 0.456. The van der Waals surface area contributed by atoms with Crippen molar-refractivity contribution in [2.45, 2.75) is 26.3 Å². The van der Waals surface area contributed by atoms with Gasteiger partial charge in [-0.05, 0) is 19.4 Å². The van der Waals surface area contributed by atoms with Gasteiger partial charge in [0.25, 0.3) is 0 Å². The molecule has 1 aromatic heterocycles. The van der Waals surface area contributed by atoms with Gasteiger partial charge in [-0.2, -0.15) is 5.10 Å². The fourth-order valence-corrected chi connectivity index (χ4v) is 0.785. The Balaban J connectivity index is 2.74. The van der Waals surface area contributed by atoms with Gasteiger partial charge in [0, 0.05) is 12.2 Å². The molecule has 1 rings (SSSR count). The van der Waals surface area contributed by atoms with Crippen molar-refractivity contribution >= 4 is 5.82 Å². The molecule has 0 aliphatic rings. The zero-order valence-electron chi connectivity index (χ0n) is 6.41. The zero-order chi connectivity index (χ0) is 7.56. The summed E-state index contributed by atoms with van der Waals surface area (Å²) < 4.78 is 1.88. The van der Waals surface area contributed by atoms with E-state index in [0.29, 0.717) is 11.9 Å². The van der Waals surface area contributed by atoms with Crippen LogP contribution in [-0.2, 0) is 0 Å². The Morgan fingerprint density at radius 2 is 2.50 bits per heavy atom. The summed E-state index contributed by atoms with van der Waals surface area (Å²) in [7, 11) is 0. The lowest BCUT2D eigenvalue weighted by atomic mass is 10.3.